The number of nitrogens with zero attached hydrogens (tertiary/aromatic N) is 2. The summed E-state index contributed by atoms with van der Waals surface area (Å²) in [5.74, 6) is 1.41. The van der Waals surface area contributed by atoms with Gasteiger partial charge in [-0.15, -0.1) is 0 Å². The number of hydrogen-bond acceptors (Lipinski definition) is 4. The van der Waals surface area contributed by atoms with Gasteiger partial charge in [0.2, 0.25) is 0 Å². The summed E-state index contributed by atoms with van der Waals surface area (Å²) < 4.78 is 12.2. The van der Waals surface area contributed by atoms with Gasteiger partial charge in [0.1, 0.15) is 6.23 Å². The molecule has 4 rings (SSSR count). The van der Waals surface area contributed by atoms with Gasteiger partial charge in [-0.2, -0.15) is 4.98 Å². The van der Waals surface area contributed by atoms with Gasteiger partial charge in [0.15, 0.2) is 11.5 Å². The summed E-state index contributed by atoms with van der Waals surface area (Å²) in [6.45, 7) is 4.28. The summed E-state index contributed by atoms with van der Waals surface area (Å²) in [6.07, 6.45) is 3.82. The highest BCUT2D eigenvalue weighted by atomic mass is 16.5. The molecule has 5 heteroatoms. The Balaban J connectivity index is 1.52. The van der Waals surface area contributed by atoms with Crippen LogP contribution in [0.1, 0.15) is 26.2 Å². The monoisotopic (exact) mass is 337 g/mol. The molecule has 1 unspecified atom stereocenters. The second-order valence-corrected chi connectivity index (χ2v) is 6.42. The van der Waals surface area contributed by atoms with Gasteiger partial charge in [-0.25, -0.2) is 0 Å². The zero-order chi connectivity index (χ0) is 17.1. The van der Waals surface area contributed by atoms with Crippen molar-refractivity contribution >= 4 is 11.0 Å². The highest BCUT2D eigenvalue weighted by Crippen LogP contribution is 2.32. The third-order valence-corrected chi connectivity index (χ3v) is 4.63. The van der Waals surface area contributed by atoms with Crippen LogP contribution in [0.25, 0.3) is 11.0 Å². The summed E-state index contributed by atoms with van der Waals surface area (Å²) in [7, 11) is 0. The molecule has 1 N–H and O–H groups in total. The second kappa shape index (κ2) is 7.15. The van der Waals surface area contributed by atoms with E-state index in [9.17, 15) is 0 Å². The third-order valence-electron chi connectivity index (χ3n) is 4.63. The molecule has 0 spiro atoms. The first kappa shape index (κ1) is 16.0. The molecule has 5 nitrogen and oxygen atoms in total. The molecule has 3 aromatic rings. The van der Waals surface area contributed by atoms with Gasteiger partial charge in [-0.05, 0) is 44.0 Å². The number of aromatic amines is 1. The molecule has 0 radical (unpaired) electrons. The maximum absolute atomic E-state index is 6.19. The van der Waals surface area contributed by atoms with Crippen LogP contribution in [-0.4, -0.2) is 34.2 Å². The lowest BCUT2D eigenvalue weighted by atomic mass is 10.1. The van der Waals surface area contributed by atoms with Crippen molar-refractivity contribution in [1.82, 2.24) is 14.9 Å². The summed E-state index contributed by atoms with van der Waals surface area (Å²) in [5, 5.41) is 0. The average molecular weight is 337 g/mol. The Bertz CT molecular complexity index is 807. The van der Waals surface area contributed by atoms with Crippen molar-refractivity contribution in [2.45, 2.75) is 32.4 Å². The van der Waals surface area contributed by atoms with E-state index in [1.54, 1.807) is 0 Å². The fourth-order valence-electron chi connectivity index (χ4n) is 3.25. The minimum Gasteiger partial charge on any atom is -0.472 e. The third kappa shape index (κ3) is 3.61. The van der Waals surface area contributed by atoms with E-state index in [-0.39, 0.29) is 6.23 Å². The largest absolute Gasteiger partial charge is 0.472 e. The molecular formula is C20H23N3O2. The van der Waals surface area contributed by atoms with Crippen LogP contribution in [0, 0.1) is 0 Å². The predicted octanol–water partition coefficient (Wildman–Crippen LogP) is 4.57. The van der Waals surface area contributed by atoms with Crippen LogP contribution in [0.3, 0.4) is 0 Å². The van der Waals surface area contributed by atoms with Crippen molar-refractivity contribution < 1.29 is 9.47 Å². The molecule has 0 saturated carbocycles. The highest BCUT2D eigenvalue weighted by Gasteiger charge is 2.19. The molecule has 2 aromatic carbocycles. The Morgan fingerprint density at radius 2 is 1.68 bits per heavy atom. The number of para-hydroxylation sites is 4. The van der Waals surface area contributed by atoms with Gasteiger partial charge in [0.05, 0.1) is 11.0 Å². The normalized spacial score (nSPS) is 16.7. The molecule has 2 heterocycles. The summed E-state index contributed by atoms with van der Waals surface area (Å²) >= 11 is 0. The second-order valence-electron chi connectivity index (χ2n) is 6.42. The van der Waals surface area contributed by atoms with Crippen LogP contribution in [0.5, 0.6) is 17.5 Å². The number of ether oxygens (including phenoxy) is 2. The summed E-state index contributed by atoms with van der Waals surface area (Å²) in [4.78, 5) is 10.0. The lowest BCUT2D eigenvalue weighted by molar-refractivity contribution is 0.0247. The molecule has 1 fully saturated rings. The molecule has 0 aliphatic carbocycles. The number of fused-ring (bicyclic) bond motifs is 1. The first-order chi connectivity index (χ1) is 12.3. The van der Waals surface area contributed by atoms with Gasteiger partial charge < -0.3 is 14.5 Å². The van der Waals surface area contributed by atoms with Gasteiger partial charge in [0, 0.05) is 13.1 Å². The Kier molecular flexibility index (Phi) is 4.57. The molecule has 1 atom stereocenters. The van der Waals surface area contributed by atoms with Crippen molar-refractivity contribution in [2.24, 2.45) is 0 Å². The Morgan fingerprint density at radius 3 is 2.48 bits per heavy atom. The highest BCUT2D eigenvalue weighted by molar-refractivity contribution is 5.75. The smallest absolute Gasteiger partial charge is 0.300 e. The van der Waals surface area contributed by atoms with Gasteiger partial charge >= 0.3 is 0 Å². The summed E-state index contributed by atoms with van der Waals surface area (Å²) in [5.41, 5.74) is 1.84. The van der Waals surface area contributed by atoms with Crippen LogP contribution >= 0.6 is 0 Å². The summed E-state index contributed by atoms with van der Waals surface area (Å²) in [6, 6.07) is 16.1. The number of H-pyrrole nitrogens is 1. The van der Waals surface area contributed by atoms with Crippen LogP contribution in [0.2, 0.25) is 0 Å². The molecule has 25 heavy (non-hydrogen) atoms. The minimum absolute atomic E-state index is 0.0284. The number of nitrogens with one attached hydrogen (secondary N) is 1. The maximum Gasteiger partial charge on any atom is 0.300 e. The number of benzene rings is 2. The number of likely N-dealkylation sites (tertiary alicyclic amines) is 1. The number of hydrogen-bond donors (Lipinski definition) is 1. The molecule has 1 saturated heterocycles. The van der Waals surface area contributed by atoms with Crippen LogP contribution < -0.4 is 9.47 Å². The van der Waals surface area contributed by atoms with E-state index in [1.165, 1.54) is 19.3 Å². The molecule has 1 aliphatic rings. The number of imidazole rings is 1. The standard InChI is InChI=1S/C20H23N3O2/c1-15(23-13-7-2-8-14-23)24-18-11-5-6-12-19(18)25-20-21-16-9-3-4-10-17(16)22-20/h3-6,9-12,15H,2,7-8,13-14H2,1H3,(H,21,22). The van der Waals surface area contributed by atoms with Crippen LogP contribution in [-0.2, 0) is 0 Å². The van der Waals surface area contributed by atoms with Gasteiger partial charge in [0.25, 0.3) is 6.01 Å². The Morgan fingerprint density at radius 1 is 0.960 bits per heavy atom. The quantitative estimate of drug-likeness (QED) is 0.741. The number of piperidine rings is 1. The van der Waals surface area contributed by atoms with Crippen LogP contribution in [0.15, 0.2) is 48.5 Å². The zero-order valence-corrected chi connectivity index (χ0v) is 14.4. The minimum atomic E-state index is 0.0284. The lowest BCUT2D eigenvalue weighted by Crippen LogP contribution is -2.40. The predicted molar refractivity (Wildman–Crippen MR) is 98.1 cm³/mol. The van der Waals surface area contributed by atoms with E-state index < -0.39 is 0 Å². The number of rotatable bonds is 5. The number of aromatic nitrogens is 2. The molecule has 130 valence electrons. The van der Waals surface area contributed by atoms with Crippen molar-refractivity contribution in [1.29, 1.82) is 0 Å². The Labute approximate surface area is 147 Å². The SMILES string of the molecule is CC(Oc1ccccc1Oc1nc2ccccc2[nH]1)N1CCCCC1. The topological polar surface area (TPSA) is 50.4 Å². The van der Waals surface area contributed by atoms with Gasteiger partial charge in [-0.3, -0.25) is 4.90 Å². The zero-order valence-electron chi connectivity index (χ0n) is 14.4. The van der Waals surface area contributed by atoms with Crippen LogP contribution in [0.4, 0.5) is 0 Å². The van der Waals surface area contributed by atoms with Crippen molar-refractivity contribution in [2.75, 3.05) is 13.1 Å². The average Bonchev–Trinajstić information content (AvgIpc) is 3.06. The van der Waals surface area contributed by atoms with E-state index in [4.69, 9.17) is 9.47 Å². The molecule has 1 aromatic heterocycles. The lowest BCUT2D eigenvalue weighted by Gasteiger charge is -2.32. The van der Waals surface area contributed by atoms with E-state index >= 15 is 0 Å². The Hall–Kier alpha value is -2.53. The van der Waals surface area contributed by atoms with Crippen molar-refractivity contribution in [3.63, 3.8) is 0 Å². The fraction of sp³-hybridized carbons (Fsp3) is 0.350. The molecule has 1 aliphatic heterocycles. The van der Waals surface area contributed by atoms with E-state index in [2.05, 4.69) is 21.8 Å². The van der Waals surface area contributed by atoms with E-state index in [0.717, 1.165) is 29.9 Å². The van der Waals surface area contributed by atoms with E-state index in [1.807, 2.05) is 48.5 Å². The van der Waals surface area contributed by atoms with Gasteiger partial charge in [-0.1, -0.05) is 30.7 Å². The van der Waals surface area contributed by atoms with Crippen molar-refractivity contribution in [3.8, 4) is 17.5 Å². The molecular weight excluding hydrogens is 314 g/mol. The van der Waals surface area contributed by atoms with E-state index in [0.29, 0.717) is 11.8 Å². The fourth-order valence-corrected chi connectivity index (χ4v) is 3.25. The molecule has 0 amide bonds. The first-order valence-electron chi connectivity index (χ1n) is 8.92. The maximum atomic E-state index is 6.19. The first-order valence-corrected chi connectivity index (χ1v) is 8.92. The molecule has 0 bridgehead atoms. The van der Waals surface area contributed by atoms with Crippen molar-refractivity contribution in [3.05, 3.63) is 48.5 Å².